The van der Waals surface area contributed by atoms with E-state index in [9.17, 15) is 4.79 Å². The summed E-state index contributed by atoms with van der Waals surface area (Å²) in [6.45, 7) is 9.58. The maximum absolute atomic E-state index is 12.4. The lowest BCUT2D eigenvalue weighted by Gasteiger charge is -2.27. The van der Waals surface area contributed by atoms with Crippen LogP contribution in [0.3, 0.4) is 0 Å². The molecule has 1 amide bonds. The molecule has 0 aliphatic carbocycles. The first-order valence-corrected chi connectivity index (χ1v) is 10.9. The summed E-state index contributed by atoms with van der Waals surface area (Å²) in [6, 6.07) is 8.50. The standard InChI is InChI=1S/C23H33N3O4/c1-4-17(3)26(14-18-8-10-19(11-9-18)28-5-2)15-22-25-21(16-30-22)23(27)24-13-20-7-6-12-29-20/h8-11,16-17,20H,4-7,12-15H2,1-3H3,(H,24,27)/t17-,20+/m0/s1. The fourth-order valence-corrected chi connectivity index (χ4v) is 3.48. The Morgan fingerprint density at radius 1 is 1.30 bits per heavy atom. The summed E-state index contributed by atoms with van der Waals surface area (Å²) in [7, 11) is 0. The van der Waals surface area contributed by atoms with Crippen LogP contribution >= 0.6 is 0 Å². The van der Waals surface area contributed by atoms with E-state index in [1.165, 1.54) is 11.8 Å². The van der Waals surface area contributed by atoms with Crippen molar-refractivity contribution in [1.82, 2.24) is 15.2 Å². The molecule has 1 fully saturated rings. The molecule has 0 radical (unpaired) electrons. The molecule has 30 heavy (non-hydrogen) atoms. The minimum atomic E-state index is -0.220. The number of carbonyl (C=O) groups excluding carboxylic acids is 1. The van der Waals surface area contributed by atoms with Gasteiger partial charge >= 0.3 is 0 Å². The molecule has 2 atom stereocenters. The normalized spacial score (nSPS) is 17.3. The van der Waals surface area contributed by atoms with Crippen LogP contribution in [0.5, 0.6) is 5.75 Å². The van der Waals surface area contributed by atoms with E-state index in [0.717, 1.165) is 38.2 Å². The molecule has 2 heterocycles. The largest absolute Gasteiger partial charge is 0.494 e. The zero-order chi connectivity index (χ0) is 21.3. The molecule has 0 spiro atoms. The van der Waals surface area contributed by atoms with E-state index in [1.807, 2.05) is 19.1 Å². The summed E-state index contributed by atoms with van der Waals surface area (Å²) in [5, 5.41) is 2.88. The van der Waals surface area contributed by atoms with Crippen LogP contribution in [0.1, 0.15) is 62.0 Å². The van der Waals surface area contributed by atoms with Crippen molar-refractivity contribution < 1.29 is 18.7 Å². The second kappa shape index (κ2) is 11.1. The van der Waals surface area contributed by atoms with Crippen LogP contribution in [-0.2, 0) is 17.8 Å². The Hall–Kier alpha value is -2.38. The van der Waals surface area contributed by atoms with Crippen molar-refractivity contribution in [2.45, 2.75) is 65.3 Å². The van der Waals surface area contributed by atoms with Crippen LogP contribution in [0.15, 0.2) is 34.9 Å². The van der Waals surface area contributed by atoms with Gasteiger partial charge in [-0.25, -0.2) is 4.98 Å². The Bertz CT molecular complexity index is 784. The van der Waals surface area contributed by atoms with Crippen molar-refractivity contribution in [2.24, 2.45) is 0 Å². The maximum atomic E-state index is 12.4. The number of oxazole rings is 1. The van der Waals surface area contributed by atoms with Gasteiger partial charge in [-0.15, -0.1) is 0 Å². The zero-order valence-electron chi connectivity index (χ0n) is 18.2. The smallest absolute Gasteiger partial charge is 0.273 e. The van der Waals surface area contributed by atoms with Crippen LogP contribution < -0.4 is 10.1 Å². The number of hydrogen-bond donors (Lipinski definition) is 1. The molecule has 1 saturated heterocycles. The van der Waals surface area contributed by atoms with Crippen LogP contribution in [0.25, 0.3) is 0 Å². The summed E-state index contributed by atoms with van der Waals surface area (Å²) in [5.74, 6) is 1.20. The Balaban J connectivity index is 1.58. The van der Waals surface area contributed by atoms with Crippen molar-refractivity contribution >= 4 is 5.91 Å². The molecule has 1 aliphatic rings. The van der Waals surface area contributed by atoms with E-state index < -0.39 is 0 Å². The molecular weight excluding hydrogens is 382 g/mol. The van der Waals surface area contributed by atoms with Gasteiger partial charge in [-0.3, -0.25) is 9.69 Å². The first-order valence-electron chi connectivity index (χ1n) is 10.9. The van der Waals surface area contributed by atoms with Crippen molar-refractivity contribution in [3.63, 3.8) is 0 Å². The van der Waals surface area contributed by atoms with Gasteiger partial charge in [0, 0.05) is 25.7 Å². The van der Waals surface area contributed by atoms with Gasteiger partial charge in [0.05, 0.1) is 19.3 Å². The molecule has 0 saturated carbocycles. The molecule has 1 aliphatic heterocycles. The van der Waals surface area contributed by atoms with Crippen molar-refractivity contribution in [2.75, 3.05) is 19.8 Å². The molecule has 0 unspecified atom stereocenters. The summed E-state index contributed by atoms with van der Waals surface area (Å²) >= 11 is 0. The van der Waals surface area contributed by atoms with Crippen molar-refractivity contribution in [1.29, 1.82) is 0 Å². The first kappa shape index (κ1) is 22.3. The quantitative estimate of drug-likeness (QED) is 0.602. The number of nitrogens with one attached hydrogen (secondary N) is 1. The van der Waals surface area contributed by atoms with E-state index >= 15 is 0 Å². The maximum Gasteiger partial charge on any atom is 0.273 e. The number of ether oxygens (including phenoxy) is 2. The molecule has 2 aromatic rings. The lowest BCUT2D eigenvalue weighted by molar-refractivity contribution is 0.0853. The molecule has 0 bridgehead atoms. The van der Waals surface area contributed by atoms with E-state index in [0.29, 0.717) is 37.3 Å². The number of amides is 1. The summed E-state index contributed by atoms with van der Waals surface area (Å²) in [4.78, 5) is 19.1. The van der Waals surface area contributed by atoms with Gasteiger partial charge in [-0.1, -0.05) is 19.1 Å². The topological polar surface area (TPSA) is 76.8 Å². The summed E-state index contributed by atoms with van der Waals surface area (Å²) in [6.07, 6.45) is 4.59. The third-order valence-electron chi connectivity index (χ3n) is 5.47. The van der Waals surface area contributed by atoms with Gasteiger partial charge in [-0.05, 0) is 50.8 Å². The minimum Gasteiger partial charge on any atom is -0.494 e. The van der Waals surface area contributed by atoms with Gasteiger partial charge in [0.15, 0.2) is 5.69 Å². The Labute approximate surface area is 178 Å². The number of benzene rings is 1. The molecule has 1 N–H and O–H groups in total. The summed E-state index contributed by atoms with van der Waals surface area (Å²) < 4.78 is 16.7. The van der Waals surface area contributed by atoms with Crippen LogP contribution in [0.2, 0.25) is 0 Å². The van der Waals surface area contributed by atoms with Crippen molar-refractivity contribution in [3.05, 3.63) is 47.7 Å². The van der Waals surface area contributed by atoms with Crippen molar-refractivity contribution in [3.8, 4) is 5.75 Å². The second-order valence-electron chi connectivity index (χ2n) is 7.71. The van der Waals surface area contributed by atoms with E-state index in [2.05, 4.69) is 41.2 Å². The predicted octanol–water partition coefficient (Wildman–Crippen LogP) is 3.78. The molecular formula is C23H33N3O4. The fourth-order valence-electron chi connectivity index (χ4n) is 3.48. The molecule has 7 nitrogen and oxygen atoms in total. The van der Waals surface area contributed by atoms with E-state index in [4.69, 9.17) is 13.9 Å². The minimum absolute atomic E-state index is 0.107. The SMILES string of the molecule is CCOc1ccc(CN(Cc2nc(C(=O)NC[C@H]3CCCO3)co2)[C@@H](C)CC)cc1. The molecule has 3 rings (SSSR count). The molecule has 164 valence electrons. The zero-order valence-corrected chi connectivity index (χ0v) is 18.2. The average Bonchev–Trinajstić information content (AvgIpc) is 3.45. The monoisotopic (exact) mass is 415 g/mol. The Kier molecular flexibility index (Phi) is 8.28. The van der Waals surface area contributed by atoms with Gasteiger partial charge in [0.1, 0.15) is 12.0 Å². The van der Waals surface area contributed by atoms with Gasteiger partial charge in [0.25, 0.3) is 5.91 Å². The van der Waals surface area contributed by atoms with Gasteiger partial charge in [-0.2, -0.15) is 0 Å². The van der Waals surface area contributed by atoms with Gasteiger partial charge in [0.2, 0.25) is 5.89 Å². The lowest BCUT2D eigenvalue weighted by atomic mass is 10.1. The number of rotatable bonds is 11. The second-order valence-corrected chi connectivity index (χ2v) is 7.71. The summed E-state index contributed by atoms with van der Waals surface area (Å²) in [5.41, 5.74) is 1.51. The highest BCUT2D eigenvalue weighted by Crippen LogP contribution is 2.18. The number of carbonyl (C=O) groups is 1. The first-order chi connectivity index (χ1) is 14.6. The number of nitrogens with zero attached hydrogens (tertiary/aromatic N) is 2. The highest BCUT2D eigenvalue weighted by Gasteiger charge is 2.20. The highest BCUT2D eigenvalue weighted by molar-refractivity contribution is 5.91. The van der Waals surface area contributed by atoms with E-state index in [1.54, 1.807) is 0 Å². The lowest BCUT2D eigenvalue weighted by Crippen LogP contribution is -2.32. The highest BCUT2D eigenvalue weighted by atomic mass is 16.5. The predicted molar refractivity (Wildman–Crippen MR) is 114 cm³/mol. The van der Waals surface area contributed by atoms with Crippen LogP contribution in [0.4, 0.5) is 0 Å². The fraction of sp³-hybridized carbons (Fsp3) is 0.565. The Morgan fingerprint density at radius 3 is 2.77 bits per heavy atom. The van der Waals surface area contributed by atoms with Crippen LogP contribution in [0, 0.1) is 0 Å². The number of aromatic nitrogens is 1. The van der Waals surface area contributed by atoms with Crippen LogP contribution in [-0.4, -0.2) is 47.7 Å². The van der Waals surface area contributed by atoms with Gasteiger partial charge < -0.3 is 19.2 Å². The third kappa shape index (κ3) is 6.31. The molecule has 1 aromatic heterocycles. The number of hydrogen-bond acceptors (Lipinski definition) is 6. The average molecular weight is 416 g/mol. The van der Waals surface area contributed by atoms with E-state index in [-0.39, 0.29) is 12.0 Å². The third-order valence-corrected chi connectivity index (χ3v) is 5.47. The Morgan fingerprint density at radius 2 is 2.10 bits per heavy atom. The molecule has 7 heteroatoms. The molecule has 1 aromatic carbocycles.